The van der Waals surface area contributed by atoms with Crippen LogP contribution in [0.3, 0.4) is 0 Å². The number of para-hydroxylation sites is 4. The Hall–Kier alpha value is -3.66. The van der Waals surface area contributed by atoms with Crippen molar-refractivity contribution in [2.75, 3.05) is 9.80 Å². The van der Waals surface area contributed by atoms with Gasteiger partial charge in [0.2, 0.25) is 0 Å². The average molecular weight is 634 g/mol. The van der Waals surface area contributed by atoms with Crippen molar-refractivity contribution >= 4 is 22.7 Å². The minimum absolute atomic E-state index is 0. The maximum atomic E-state index is 4.37. The van der Waals surface area contributed by atoms with Crippen molar-refractivity contribution in [1.82, 2.24) is 9.78 Å². The third-order valence-electron chi connectivity index (χ3n) is 5.72. The second-order valence-corrected chi connectivity index (χ2v) is 8.00. The average Bonchev–Trinajstić information content (AvgIpc) is 3.46. The first-order valence-electron chi connectivity index (χ1n) is 11.2. The van der Waals surface area contributed by atoms with Crippen molar-refractivity contribution < 1.29 is 20.1 Å². The summed E-state index contributed by atoms with van der Waals surface area (Å²) in [5, 5.41) is 4.37. The van der Waals surface area contributed by atoms with Crippen LogP contribution >= 0.6 is 0 Å². The molecule has 4 nitrogen and oxygen atoms in total. The van der Waals surface area contributed by atoms with Crippen LogP contribution in [0.5, 0.6) is 0 Å². The molecule has 4 aromatic carbocycles. The summed E-state index contributed by atoms with van der Waals surface area (Å²) >= 11 is 0. The van der Waals surface area contributed by atoms with Gasteiger partial charge in [-0.1, -0.05) is 36.4 Å². The molecule has 5 heteroatoms. The van der Waals surface area contributed by atoms with Gasteiger partial charge in [0.1, 0.15) is 0 Å². The Morgan fingerprint density at radius 2 is 1.34 bits per heavy atom. The molecule has 2 heterocycles. The standard InChI is InChI=1S/C19H14N2.C11H11N2.Ir/c1-3-9-16(10-4-1)20-15-21(17-11-5-2-6-12-17)19-14-8-7-13-18(19)20;1-9-8-11(12-13(9)2)10-6-4-3-5-7-10;/h1-11,13-15H;3-6,8H,1-2H3;/q-2;-1;+3. The molecule has 0 atom stereocenters. The van der Waals surface area contributed by atoms with E-state index in [9.17, 15) is 0 Å². The zero-order valence-electron chi connectivity index (χ0n) is 19.6. The quantitative estimate of drug-likeness (QED) is 0.199. The molecule has 174 valence electrons. The normalized spacial score (nSPS) is 11.8. The Morgan fingerprint density at radius 1 is 0.714 bits per heavy atom. The van der Waals surface area contributed by atoms with Gasteiger partial charge >= 0.3 is 20.1 Å². The molecule has 0 N–H and O–H groups in total. The van der Waals surface area contributed by atoms with Gasteiger partial charge in [-0.15, -0.1) is 48.3 Å². The number of benzene rings is 4. The SMILES string of the molecule is Cc1cc(-c2[c-]cccc2)nn1C.[Ir+3].[c-]1ccccc1N1[CH-]N(c2ccccc2)c2ccccc21. The van der Waals surface area contributed by atoms with E-state index < -0.39 is 0 Å². The van der Waals surface area contributed by atoms with Gasteiger partial charge in [-0.25, -0.2) is 5.10 Å². The van der Waals surface area contributed by atoms with Gasteiger partial charge in [0.25, 0.3) is 0 Å². The van der Waals surface area contributed by atoms with Crippen molar-refractivity contribution in [3.8, 4) is 11.3 Å². The van der Waals surface area contributed by atoms with E-state index in [1.165, 1.54) is 11.4 Å². The minimum Gasteiger partial charge on any atom is -0.493 e. The number of anilines is 4. The number of rotatable bonds is 3. The van der Waals surface area contributed by atoms with Crippen LogP contribution in [0.2, 0.25) is 0 Å². The summed E-state index contributed by atoms with van der Waals surface area (Å²) < 4.78 is 1.87. The van der Waals surface area contributed by atoms with Crippen LogP contribution in [0.1, 0.15) is 5.69 Å². The van der Waals surface area contributed by atoms with Crippen molar-refractivity contribution in [3.63, 3.8) is 0 Å². The predicted molar refractivity (Wildman–Crippen MR) is 139 cm³/mol. The number of hydrogen-bond acceptors (Lipinski definition) is 3. The number of aryl methyl sites for hydroxylation is 2. The molecule has 0 saturated carbocycles. The molecule has 6 rings (SSSR count). The summed E-state index contributed by atoms with van der Waals surface area (Å²) in [6, 6.07) is 43.2. The fourth-order valence-electron chi connectivity index (χ4n) is 3.88. The summed E-state index contributed by atoms with van der Waals surface area (Å²) in [4.78, 5) is 4.37. The van der Waals surface area contributed by atoms with E-state index in [0.717, 1.165) is 28.3 Å². The first kappa shape index (κ1) is 24.5. The molecule has 0 unspecified atom stereocenters. The number of fused-ring (bicyclic) bond motifs is 1. The summed E-state index contributed by atoms with van der Waals surface area (Å²) in [6.45, 7) is 4.16. The molecular formula is C30H25IrN4. The van der Waals surface area contributed by atoms with E-state index in [-0.39, 0.29) is 20.1 Å². The van der Waals surface area contributed by atoms with E-state index >= 15 is 0 Å². The Kier molecular flexibility index (Phi) is 7.81. The Bertz CT molecular complexity index is 1270. The molecule has 1 aromatic heterocycles. The van der Waals surface area contributed by atoms with Gasteiger partial charge in [-0.05, 0) is 31.2 Å². The fourth-order valence-corrected chi connectivity index (χ4v) is 3.88. The second kappa shape index (κ2) is 11.2. The van der Waals surface area contributed by atoms with Crippen LogP contribution in [0, 0.1) is 25.7 Å². The zero-order valence-corrected chi connectivity index (χ0v) is 22.0. The fraction of sp³-hybridized carbons (Fsp3) is 0.0667. The second-order valence-electron chi connectivity index (χ2n) is 8.00. The number of nitrogens with zero attached hydrogens (tertiary/aromatic N) is 4. The molecule has 35 heavy (non-hydrogen) atoms. The summed E-state index contributed by atoms with van der Waals surface area (Å²) in [6.07, 6.45) is 0. The smallest absolute Gasteiger partial charge is 0.493 e. The maximum absolute atomic E-state index is 4.37. The van der Waals surface area contributed by atoms with Gasteiger partial charge in [-0.3, -0.25) is 4.68 Å². The Balaban J connectivity index is 0.000000179. The van der Waals surface area contributed by atoms with Crippen molar-refractivity contribution in [2.45, 2.75) is 6.92 Å². The first-order valence-corrected chi connectivity index (χ1v) is 11.2. The largest absolute Gasteiger partial charge is 3.00 e. The number of aromatic nitrogens is 2. The third-order valence-corrected chi connectivity index (χ3v) is 5.72. The van der Waals surface area contributed by atoms with Crippen LogP contribution in [0.4, 0.5) is 22.7 Å². The van der Waals surface area contributed by atoms with Crippen molar-refractivity contribution in [3.05, 3.63) is 134 Å². The topological polar surface area (TPSA) is 24.3 Å². The van der Waals surface area contributed by atoms with Crippen LogP contribution in [-0.2, 0) is 27.2 Å². The molecule has 5 aromatic rings. The molecule has 0 saturated heterocycles. The van der Waals surface area contributed by atoms with Gasteiger partial charge in [0.05, 0.1) is 0 Å². The van der Waals surface area contributed by atoms with Crippen LogP contribution in [-0.4, -0.2) is 9.78 Å². The van der Waals surface area contributed by atoms with E-state index in [1.807, 2.05) is 67.2 Å². The molecule has 0 amide bonds. The van der Waals surface area contributed by atoms with E-state index in [2.05, 4.69) is 94.4 Å². The van der Waals surface area contributed by atoms with Gasteiger partial charge in [-0.2, -0.15) is 30.3 Å². The van der Waals surface area contributed by atoms with E-state index in [4.69, 9.17) is 0 Å². The third kappa shape index (κ3) is 5.37. The van der Waals surface area contributed by atoms with Gasteiger partial charge in [0, 0.05) is 35.5 Å². The molecule has 0 spiro atoms. The number of hydrogen-bond donors (Lipinski definition) is 0. The Labute approximate surface area is 220 Å². The molecule has 0 aliphatic carbocycles. The van der Waals surface area contributed by atoms with Crippen molar-refractivity contribution in [1.29, 1.82) is 0 Å². The van der Waals surface area contributed by atoms with Crippen LogP contribution in [0.25, 0.3) is 11.3 Å². The molecule has 1 aliphatic rings. The molecular weight excluding hydrogens is 609 g/mol. The zero-order chi connectivity index (χ0) is 23.3. The van der Waals surface area contributed by atoms with Gasteiger partial charge in [0.15, 0.2) is 0 Å². The first-order chi connectivity index (χ1) is 16.7. The minimum atomic E-state index is 0. The van der Waals surface area contributed by atoms with Crippen LogP contribution in [0.15, 0.2) is 109 Å². The predicted octanol–water partition coefficient (Wildman–Crippen LogP) is 7.09. The van der Waals surface area contributed by atoms with E-state index in [1.54, 1.807) is 0 Å². The van der Waals surface area contributed by atoms with Crippen molar-refractivity contribution in [2.24, 2.45) is 7.05 Å². The summed E-state index contributed by atoms with van der Waals surface area (Å²) in [5.74, 6) is 0. The summed E-state index contributed by atoms with van der Waals surface area (Å²) in [5.41, 5.74) is 7.75. The van der Waals surface area contributed by atoms with Crippen LogP contribution < -0.4 is 9.80 Å². The molecule has 0 radical (unpaired) electrons. The maximum Gasteiger partial charge on any atom is 3.00 e. The Morgan fingerprint density at radius 3 is 1.94 bits per heavy atom. The van der Waals surface area contributed by atoms with E-state index in [0.29, 0.717) is 0 Å². The molecule has 0 fully saturated rings. The summed E-state index contributed by atoms with van der Waals surface area (Å²) in [7, 11) is 1.95. The molecule has 1 aliphatic heterocycles. The monoisotopic (exact) mass is 634 g/mol. The van der Waals surface area contributed by atoms with Gasteiger partial charge < -0.3 is 9.80 Å². The molecule has 0 bridgehead atoms.